The van der Waals surface area contributed by atoms with Crippen LogP contribution in [0.25, 0.3) is 0 Å². The molecule has 0 radical (unpaired) electrons. The number of quaternary nitrogens is 1. The Balaban J connectivity index is 3.35. The van der Waals surface area contributed by atoms with Gasteiger partial charge in [0.15, 0.2) is 0 Å². The summed E-state index contributed by atoms with van der Waals surface area (Å²) < 4.78 is 0. The Morgan fingerprint density at radius 3 is 2.29 bits per heavy atom. The van der Waals surface area contributed by atoms with E-state index >= 15 is 0 Å². The number of hydroxylamine groups is 2. The first-order valence-corrected chi connectivity index (χ1v) is 1.91. The zero-order valence-electron chi connectivity index (χ0n) is 4.32. The molecule has 0 aliphatic rings. The van der Waals surface area contributed by atoms with Crippen LogP contribution in [0.5, 0.6) is 0 Å². The monoisotopic (exact) mass is 104 g/mol. The molecule has 1 unspecified atom stereocenters. The molecule has 2 N–H and O–H groups in total. The number of carbonyl (C=O) groups excluding carboxylic acids is 1. The lowest BCUT2D eigenvalue weighted by molar-refractivity contribution is -0.734. The largest absolute Gasteiger partial charge is 0.626 e. The van der Waals surface area contributed by atoms with Crippen LogP contribution < -0.4 is 10.4 Å². The second-order valence-electron chi connectivity index (χ2n) is 1.14. The summed E-state index contributed by atoms with van der Waals surface area (Å²) >= 11 is 0. The number of carbonyl (C=O) groups is 1. The van der Waals surface area contributed by atoms with Crippen LogP contribution in [0.3, 0.4) is 0 Å². The van der Waals surface area contributed by atoms with Gasteiger partial charge in [-0.2, -0.15) is 0 Å². The van der Waals surface area contributed by atoms with Crippen LogP contribution in [0.15, 0.2) is 0 Å². The third-order valence-electron chi connectivity index (χ3n) is 0.547. The maximum atomic E-state index is 10.1. The molecule has 1 atom stereocenters. The molecule has 0 spiro atoms. The molecular weight excluding hydrogens is 96.0 g/mol. The van der Waals surface area contributed by atoms with Gasteiger partial charge in [-0.25, -0.2) is 4.79 Å². The predicted octanol–water partition coefficient (Wildman–Crippen LogP) is -1.66. The van der Waals surface area contributed by atoms with Crippen LogP contribution in [0.2, 0.25) is 0 Å². The van der Waals surface area contributed by atoms with E-state index in [0.29, 0.717) is 0 Å². The number of nitrogens with one attached hydrogen (secondary N) is 2. The van der Waals surface area contributed by atoms with E-state index in [1.54, 1.807) is 0 Å². The van der Waals surface area contributed by atoms with Crippen LogP contribution in [0, 0.1) is 5.21 Å². The Morgan fingerprint density at radius 2 is 2.29 bits per heavy atom. The first-order valence-electron chi connectivity index (χ1n) is 1.91. The fourth-order valence-electron chi connectivity index (χ4n) is 0.176. The van der Waals surface area contributed by atoms with Gasteiger partial charge in [0, 0.05) is 7.05 Å². The minimum atomic E-state index is -0.542. The van der Waals surface area contributed by atoms with Crippen LogP contribution in [0.4, 0.5) is 4.79 Å². The average molecular weight is 104 g/mol. The van der Waals surface area contributed by atoms with E-state index in [1.807, 2.05) is 0 Å². The van der Waals surface area contributed by atoms with Gasteiger partial charge in [-0.15, -0.1) is 0 Å². The third-order valence-corrected chi connectivity index (χ3v) is 0.547. The highest BCUT2D eigenvalue weighted by atomic mass is 16.5. The summed E-state index contributed by atoms with van der Waals surface area (Å²) in [6.45, 7) is 0. The number of amides is 2. The third kappa shape index (κ3) is 2.13. The van der Waals surface area contributed by atoms with E-state index < -0.39 is 11.1 Å². The highest BCUT2D eigenvalue weighted by Gasteiger charge is 1.96. The number of urea groups is 1. The van der Waals surface area contributed by atoms with E-state index in [-0.39, 0.29) is 0 Å². The topological polar surface area (TPSA) is 56.6 Å². The second kappa shape index (κ2) is 2.54. The van der Waals surface area contributed by atoms with Gasteiger partial charge < -0.3 is 10.5 Å². The molecule has 0 aromatic rings. The first kappa shape index (κ1) is 6.39. The summed E-state index contributed by atoms with van der Waals surface area (Å²) in [4.78, 5) is 10.1. The van der Waals surface area contributed by atoms with Crippen molar-refractivity contribution in [3.8, 4) is 0 Å². The fraction of sp³-hybridized carbons (Fsp3) is 0.667. The minimum Gasteiger partial charge on any atom is -0.626 e. The Morgan fingerprint density at radius 1 is 1.86 bits per heavy atom. The molecule has 0 aliphatic carbocycles. The van der Waals surface area contributed by atoms with E-state index in [1.165, 1.54) is 14.1 Å². The maximum absolute atomic E-state index is 10.1. The first-order chi connectivity index (χ1) is 3.18. The lowest BCUT2D eigenvalue weighted by atomic mass is 10.9. The van der Waals surface area contributed by atoms with Crippen LogP contribution in [-0.4, -0.2) is 20.1 Å². The van der Waals surface area contributed by atoms with Crippen molar-refractivity contribution in [1.82, 2.24) is 5.32 Å². The van der Waals surface area contributed by atoms with Crippen molar-refractivity contribution < 1.29 is 9.86 Å². The molecule has 0 aliphatic heterocycles. The van der Waals surface area contributed by atoms with Gasteiger partial charge in [-0.05, 0) is 0 Å². The molecular formula is C3H8N2O2. The molecule has 7 heavy (non-hydrogen) atoms. The van der Waals surface area contributed by atoms with Gasteiger partial charge in [0.2, 0.25) is 0 Å². The van der Waals surface area contributed by atoms with Crippen LogP contribution in [-0.2, 0) is 0 Å². The van der Waals surface area contributed by atoms with E-state index in [2.05, 4.69) is 5.32 Å². The lowest BCUT2D eigenvalue weighted by Crippen LogP contribution is -3.08. The van der Waals surface area contributed by atoms with Crippen LogP contribution >= 0.6 is 0 Å². The molecule has 0 aromatic carbocycles. The van der Waals surface area contributed by atoms with Crippen LogP contribution in [0.1, 0.15) is 0 Å². The van der Waals surface area contributed by atoms with Crippen molar-refractivity contribution >= 4 is 6.03 Å². The van der Waals surface area contributed by atoms with E-state index in [9.17, 15) is 10.0 Å². The van der Waals surface area contributed by atoms with Gasteiger partial charge in [-0.3, -0.25) is 5.06 Å². The molecule has 0 aromatic heterocycles. The normalized spacial score (nSPS) is 13.0. The molecule has 42 valence electrons. The van der Waals surface area contributed by atoms with Crippen molar-refractivity contribution in [2.24, 2.45) is 0 Å². The number of hydrogen-bond acceptors (Lipinski definition) is 2. The molecule has 4 nitrogen and oxygen atoms in total. The molecule has 0 fully saturated rings. The van der Waals surface area contributed by atoms with Crippen molar-refractivity contribution in [2.45, 2.75) is 0 Å². The highest BCUT2D eigenvalue weighted by Crippen LogP contribution is 1.42. The zero-order chi connectivity index (χ0) is 5.86. The fourth-order valence-corrected chi connectivity index (χ4v) is 0.176. The van der Waals surface area contributed by atoms with Crippen molar-refractivity contribution in [1.29, 1.82) is 0 Å². The van der Waals surface area contributed by atoms with Gasteiger partial charge in [0.1, 0.15) is 0 Å². The van der Waals surface area contributed by atoms with Gasteiger partial charge in [0.25, 0.3) is 0 Å². The summed E-state index contributed by atoms with van der Waals surface area (Å²) in [5, 5.41) is 11.7. The Labute approximate surface area is 41.7 Å². The Kier molecular flexibility index (Phi) is 2.32. The summed E-state index contributed by atoms with van der Waals surface area (Å²) in [7, 11) is 2.64. The van der Waals surface area contributed by atoms with Gasteiger partial charge in [-0.1, -0.05) is 0 Å². The predicted molar refractivity (Wildman–Crippen MR) is 24.7 cm³/mol. The zero-order valence-corrected chi connectivity index (χ0v) is 4.32. The number of hydrogen-bond donors (Lipinski definition) is 2. The summed E-state index contributed by atoms with van der Waals surface area (Å²) in [6, 6.07) is -0.542. The van der Waals surface area contributed by atoms with E-state index in [0.717, 1.165) is 0 Å². The summed E-state index contributed by atoms with van der Waals surface area (Å²) in [5.74, 6) is 0. The molecule has 0 saturated heterocycles. The molecule has 0 rings (SSSR count). The molecule has 2 amide bonds. The maximum Gasteiger partial charge on any atom is 0.414 e. The van der Waals surface area contributed by atoms with Crippen molar-refractivity contribution in [2.75, 3.05) is 14.1 Å². The van der Waals surface area contributed by atoms with Gasteiger partial charge in [0.05, 0.1) is 7.05 Å². The smallest absolute Gasteiger partial charge is 0.414 e. The highest BCUT2D eigenvalue weighted by molar-refractivity contribution is 5.63. The quantitative estimate of drug-likeness (QED) is 0.361. The second-order valence-corrected chi connectivity index (χ2v) is 1.14. The van der Waals surface area contributed by atoms with Crippen molar-refractivity contribution in [3.63, 3.8) is 0 Å². The SMILES string of the molecule is CNC(=O)[NH+](C)[O-]. The Hall–Kier alpha value is -0.610. The number of rotatable bonds is 0. The minimum absolute atomic E-state index is 0.456. The standard InChI is InChI=1S/C3H8N2O2/c1-4-3(6)5(2)7/h5H,1-2H3,(H,4,6). The van der Waals surface area contributed by atoms with Gasteiger partial charge >= 0.3 is 6.03 Å². The summed E-state index contributed by atoms with van der Waals surface area (Å²) in [6.07, 6.45) is 0. The summed E-state index contributed by atoms with van der Waals surface area (Å²) in [5.41, 5.74) is 0. The molecule has 0 saturated carbocycles. The molecule has 4 heteroatoms. The Bertz CT molecular complexity index is 71.3. The lowest BCUT2D eigenvalue weighted by Gasteiger charge is -2.10. The average Bonchev–Trinajstić information content (AvgIpc) is 1.65. The van der Waals surface area contributed by atoms with E-state index in [4.69, 9.17) is 0 Å². The molecule has 0 bridgehead atoms. The van der Waals surface area contributed by atoms with Crippen molar-refractivity contribution in [3.05, 3.63) is 5.21 Å². The molecule has 0 heterocycles.